The molecule has 2 rings (SSSR count). The zero-order valence-electron chi connectivity index (χ0n) is 7.86. The Morgan fingerprint density at radius 3 is 3.00 bits per heavy atom. The zero-order valence-corrected chi connectivity index (χ0v) is 7.86. The first kappa shape index (κ1) is 9.21. The molecule has 0 aliphatic carbocycles. The Bertz CT molecular complexity index is 348. The Morgan fingerprint density at radius 1 is 1.71 bits per heavy atom. The molecule has 0 radical (unpaired) electrons. The van der Waals surface area contributed by atoms with Crippen LogP contribution >= 0.6 is 0 Å². The molecule has 2 heterocycles. The van der Waals surface area contributed by atoms with Gasteiger partial charge in [-0.05, 0) is 19.8 Å². The minimum absolute atomic E-state index is 0.0712. The molecule has 76 valence electrons. The van der Waals surface area contributed by atoms with Crippen LogP contribution in [0.5, 0.6) is 0 Å². The summed E-state index contributed by atoms with van der Waals surface area (Å²) < 4.78 is 5.55. The van der Waals surface area contributed by atoms with Crippen LogP contribution in [0.15, 0.2) is 6.20 Å². The van der Waals surface area contributed by atoms with Gasteiger partial charge in [-0.25, -0.2) is 9.78 Å². The van der Waals surface area contributed by atoms with Gasteiger partial charge in [-0.1, -0.05) is 0 Å². The van der Waals surface area contributed by atoms with E-state index in [-0.39, 0.29) is 17.9 Å². The largest absolute Gasteiger partial charge is 0.477 e. The molecule has 2 atom stereocenters. The van der Waals surface area contributed by atoms with Gasteiger partial charge in [-0.3, -0.25) is 0 Å². The fourth-order valence-electron chi connectivity index (χ4n) is 1.61. The van der Waals surface area contributed by atoms with Crippen LogP contribution in [0.2, 0.25) is 0 Å². The van der Waals surface area contributed by atoms with Crippen molar-refractivity contribution in [1.29, 1.82) is 0 Å². The third-order valence-corrected chi connectivity index (χ3v) is 2.36. The normalized spacial score (nSPS) is 26.6. The third kappa shape index (κ3) is 1.63. The summed E-state index contributed by atoms with van der Waals surface area (Å²) in [6.45, 7) is 2.00. The van der Waals surface area contributed by atoms with E-state index >= 15 is 0 Å². The van der Waals surface area contributed by atoms with Crippen LogP contribution in [0, 0.1) is 0 Å². The zero-order chi connectivity index (χ0) is 10.1. The minimum Gasteiger partial charge on any atom is -0.477 e. The average Bonchev–Trinajstić information content (AvgIpc) is 2.70. The molecule has 1 aromatic heterocycles. The van der Waals surface area contributed by atoms with Crippen LogP contribution in [0.25, 0.3) is 0 Å². The molecule has 0 bridgehead atoms. The maximum absolute atomic E-state index is 10.6. The van der Waals surface area contributed by atoms with E-state index in [4.69, 9.17) is 9.84 Å². The number of aromatic carboxylic acids is 1. The molecule has 1 aromatic rings. The molecule has 0 spiro atoms. The van der Waals surface area contributed by atoms with Gasteiger partial charge in [-0.2, -0.15) is 0 Å². The van der Waals surface area contributed by atoms with Gasteiger partial charge in [0.05, 0.1) is 12.3 Å². The van der Waals surface area contributed by atoms with Crippen molar-refractivity contribution in [3.8, 4) is 0 Å². The number of nitrogens with one attached hydrogen (secondary N) is 1. The second kappa shape index (κ2) is 3.42. The molecule has 1 aliphatic heterocycles. The van der Waals surface area contributed by atoms with Crippen LogP contribution in [-0.2, 0) is 4.74 Å². The molecule has 5 nitrogen and oxygen atoms in total. The van der Waals surface area contributed by atoms with Gasteiger partial charge in [0.2, 0.25) is 0 Å². The number of aromatic amines is 1. The number of nitrogens with zero attached hydrogens (tertiary/aromatic N) is 1. The lowest BCUT2D eigenvalue weighted by Crippen LogP contribution is -2.03. The molecule has 0 aromatic carbocycles. The fourth-order valence-corrected chi connectivity index (χ4v) is 1.61. The Morgan fingerprint density at radius 2 is 2.50 bits per heavy atom. The monoisotopic (exact) mass is 196 g/mol. The van der Waals surface area contributed by atoms with E-state index in [9.17, 15) is 4.79 Å². The number of hydrogen-bond acceptors (Lipinski definition) is 3. The predicted molar refractivity (Wildman–Crippen MR) is 48.1 cm³/mol. The van der Waals surface area contributed by atoms with Crippen LogP contribution in [0.3, 0.4) is 0 Å². The van der Waals surface area contributed by atoms with Crippen molar-refractivity contribution in [2.24, 2.45) is 0 Å². The van der Waals surface area contributed by atoms with E-state index in [0.29, 0.717) is 5.82 Å². The first-order chi connectivity index (χ1) is 6.66. The summed E-state index contributed by atoms with van der Waals surface area (Å²) >= 11 is 0. The van der Waals surface area contributed by atoms with Crippen molar-refractivity contribution >= 4 is 5.97 Å². The standard InChI is InChI=1S/C9H12N2O3/c1-5-2-3-7(14-5)8-10-4-6(11-8)9(12)13/h4-5,7H,2-3H2,1H3,(H,10,11)(H,12,13). The van der Waals surface area contributed by atoms with Gasteiger partial charge in [0.25, 0.3) is 0 Å². The number of ether oxygens (including phenoxy) is 1. The lowest BCUT2D eigenvalue weighted by molar-refractivity contribution is 0.0506. The number of carboxylic acid groups (broad SMARTS) is 1. The van der Waals surface area contributed by atoms with Crippen LogP contribution in [0.1, 0.15) is 42.2 Å². The average molecular weight is 196 g/mol. The summed E-state index contributed by atoms with van der Waals surface area (Å²) in [4.78, 5) is 17.3. The van der Waals surface area contributed by atoms with Crippen molar-refractivity contribution in [1.82, 2.24) is 9.97 Å². The third-order valence-electron chi connectivity index (χ3n) is 2.36. The van der Waals surface area contributed by atoms with Gasteiger partial charge in [0.1, 0.15) is 17.6 Å². The predicted octanol–water partition coefficient (Wildman–Crippen LogP) is 1.35. The molecule has 1 saturated heterocycles. The number of carbonyl (C=O) groups is 1. The Kier molecular flexibility index (Phi) is 2.25. The molecular weight excluding hydrogens is 184 g/mol. The van der Waals surface area contributed by atoms with E-state index in [1.54, 1.807) is 0 Å². The van der Waals surface area contributed by atoms with Crippen LogP contribution < -0.4 is 0 Å². The Hall–Kier alpha value is -1.36. The molecule has 2 unspecified atom stereocenters. The number of aromatic nitrogens is 2. The lowest BCUT2D eigenvalue weighted by Gasteiger charge is -2.06. The molecule has 1 aliphatic rings. The summed E-state index contributed by atoms with van der Waals surface area (Å²) in [5.41, 5.74) is 0.114. The maximum Gasteiger partial charge on any atom is 0.353 e. The fraction of sp³-hybridized carbons (Fsp3) is 0.556. The van der Waals surface area contributed by atoms with E-state index in [1.807, 2.05) is 6.92 Å². The van der Waals surface area contributed by atoms with Crippen molar-refractivity contribution in [2.45, 2.75) is 32.0 Å². The Balaban J connectivity index is 2.13. The van der Waals surface area contributed by atoms with Crippen molar-refractivity contribution in [2.75, 3.05) is 0 Å². The second-order valence-corrected chi connectivity index (χ2v) is 3.50. The smallest absolute Gasteiger partial charge is 0.353 e. The van der Waals surface area contributed by atoms with Crippen LogP contribution in [-0.4, -0.2) is 27.1 Å². The van der Waals surface area contributed by atoms with Crippen molar-refractivity contribution in [3.63, 3.8) is 0 Å². The highest BCUT2D eigenvalue weighted by Crippen LogP contribution is 2.30. The van der Waals surface area contributed by atoms with Crippen LogP contribution in [0.4, 0.5) is 0 Å². The van der Waals surface area contributed by atoms with Gasteiger partial charge in [0, 0.05) is 0 Å². The molecule has 5 heteroatoms. The summed E-state index contributed by atoms with van der Waals surface area (Å²) in [5, 5.41) is 8.68. The lowest BCUT2D eigenvalue weighted by atomic mass is 10.2. The summed E-state index contributed by atoms with van der Waals surface area (Å²) in [6, 6.07) is 0. The van der Waals surface area contributed by atoms with E-state index in [1.165, 1.54) is 6.20 Å². The number of H-pyrrole nitrogens is 1. The highest BCUT2D eigenvalue weighted by Gasteiger charge is 2.26. The highest BCUT2D eigenvalue weighted by atomic mass is 16.5. The first-order valence-corrected chi connectivity index (χ1v) is 4.60. The molecular formula is C9H12N2O3. The quantitative estimate of drug-likeness (QED) is 0.748. The maximum atomic E-state index is 10.6. The molecule has 0 amide bonds. The van der Waals surface area contributed by atoms with Gasteiger partial charge in [-0.15, -0.1) is 0 Å². The molecule has 1 fully saturated rings. The number of carboxylic acids is 1. The van der Waals surface area contributed by atoms with Crippen molar-refractivity contribution in [3.05, 3.63) is 17.7 Å². The van der Waals surface area contributed by atoms with Crippen molar-refractivity contribution < 1.29 is 14.6 Å². The van der Waals surface area contributed by atoms with E-state index in [2.05, 4.69) is 9.97 Å². The van der Waals surface area contributed by atoms with E-state index < -0.39 is 5.97 Å². The Labute approximate surface area is 81.1 Å². The van der Waals surface area contributed by atoms with Gasteiger partial charge in [0.15, 0.2) is 0 Å². The molecule has 2 N–H and O–H groups in total. The first-order valence-electron chi connectivity index (χ1n) is 4.60. The molecule has 0 saturated carbocycles. The second-order valence-electron chi connectivity index (χ2n) is 3.50. The van der Waals surface area contributed by atoms with Gasteiger partial charge >= 0.3 is 5.97 Å². The SMILES string of the molecule is CC1CCC(c2ncc(C(=O)O)[nH]2)O1. The number of hydrogen-bond donors (Lipinski definition) is 2. The van der Waals surface area contributed by atoms with E-state index in [0.717, 1.165) is 12.8 Å². The molecule has 14 heavy (non-hydrogen) atoms. The summed E-state index contributed by atoms with van der Waals surface area (Å²) in [7, 11) is 0. The summed E-state index contributed by atoms with van der Waals surface area (Å²) in [6.07, 6.45) is 3.38. The highest BCUT2D eigenvalue weighted by molar-refractivity contribution is 5.85. The summed E-state index contributed by atoms with van der Waals surface area (Å²) in [5.74, 6) is -0.374. The van der Waals surface area contributed by atoms with Gasteiger partial charge < -0.3 is 14.8 Å². The number of imidazole rings is 1. The number of rotatable bonds is 2. The minimum atomic E-state index is -0.991. The topological polar surface area (TPSA) is 75.2 Å².